The third kappa shape index (κ3) is 4.85. The molecular weight excluding hydrogens is 400 g/mol. The maximum absolute atomic E-state index is 12.5. The Kier molecular flexibility index (Phi) is 7.03. The molecule has 0 spiro atoms. The molecule has 162 valence electrons. The number of hydrogen-bond donors (Lipinski definition) is 1. The van der Waals surface area contributed by atoms with E-state index >= 15 is 0 Å². The van der Waals surface area contributed by atoms with Gasteiger partial charge in [-0.3, -0.25) is 14.5 Å². The summed E-state index contributed by atoms with van der Waals surface area (Å²) in [5.74, 6) is 0.0761. The molecule has 8 heteroatoms. The van der Waals surface area contributed by atoms with Crippen molar-refractivity contribution >= 4 is 28.2 Å². The highest BCUT2D eigenvalue weighted by Gasteiger charge is 2.30. The summed E-state index contributed by atoms with van der Waals surface area (Å²) in [5.41, 5.74) is 1.83. The summed E-state index contributed by atoms with van der Waals surface area (Å²) >= 11 is 1.58. The number of thiophene rings is 1. The molecule has 0 aromatic carbocycles. The second-order valence-electron chi connectivity index (χ2n) is 8.35. The molecule has 2 aliphatic heterocycles. The summed E-state index contributed by atoms with van der Waals surface area (Å²) in [6.45, 7) is 4.30. The van der Waals surface area contributed by atoms with Crippen LogP contribution in [0.5, 0.6) is 0 Å². The highest BCUT2D eigenvalue weighted by Crippen LogP contribution is 2.37. The average molecular weight is 431 g/mol. The van der Waals surface area contributed by atoms with Gasteiger partial charge in [0.15, 0.2) is 0 Å². The van der Waals surface area contributed by atoms with Crippen LogP contribution in [0, 0.1) is 11.3 Å². The van der Waals surface area contributed by atoms with E-state index in [2.05, 4.69) is 16.3 Å². The summed E-state index contributed by atoms with van der Waals surface area (Å²) in [6.07, 6.45) is 7.38. The first-order valence-electron chi connectivity index (χ1n) is 11.1. The number of fused-ring (bicyclic) bond motifs is 1. The first kappa shape index (κ1) is 21.3. The lowest BCUT2D eigenvalue weighted by atomic mass is 10.1. The number of rotatable bonds is 5. The zero-order valence-corrected chi connectivity index (χ0v) is 18.3. The monoisotopic (exact) mass is 430 g/mol. The Bertz CT molecular complexity index is 817. The van der Waals surface area contributed by atoms with Crippen LogP contribution in [0.25, 0.3) is 0 Å². The van der Waals surface area contributed by atoms with Crippen molar-refractivity contribution in [3.05, 3.63) is 16.0 Å². The Morgan fingerprint density at radius 3 is 2.67 bits per heavy atom. The molecule has 1 unspecified atom stereocenters. The van der Waals surface area contributed by atoms with Crippen LogP contribution in [0.3, 0.4) is 0 Å². The first-order chi connectivity index (χ1) is 14.7. The lowest BCUT2D eigenvalue weighted by Gasteiger charge is -2.35. The number of nitrogens with zero attached hydrogens (tertiary/aromatic N) is 3. The number of anilines is 1. The van der Waals surface area contributed by atoms with E-state index in [0.717, 1.165) is 62.2 Å². The molecule has 0 radical (unpaired) electrons. The number of carbonyl (C=O) groups is 2. The third-order valence-corrected chi connectivity index (χ3v) is 7.54. The predicted octanol–water partition coefficient (Wildman–Crippen LogP) is 2.54. The maximum atomic E-state index is 12.5. The Labute approximate surface area is 182 Å². The van der Waals surface area contributed by atoms with Crippen LogP contribution in [0.4, 0.5) is 5.00 Å². The van der Waals surface area contributed by atoms with Crippen LogP contribution in [0.15, 0.2) is 0 Å². The minimum Gasteiger partial charge on any atom is -0.368 e. The molecule has 1 N–H and O–H groups in total. The zero-order chi connectivity index (χ0) is 20.9. The molecule has 1 atom stereocenters. The van der Waals surface area contributed by atoms with Gasteiger partial charge in [-0.05, 0) is 44.1 Å². The van der Waals surface area contributed by atoms with E-state index in [-0.39, 0.29) is 17.9 Å². The SMILES string of the molecule is N#Cc1c(NC(=O)CCN2CCN(C(=O)C3CCCO3)CC2)sc2c1CCCCC2. The van der Waals surface area contributed by atoms with E-state index in [4.69, 9.17) is 4.74 Å². The standard InChI is InChI=1S/C22H30N4O3S/c23-15-17-16-5-2-1-3-7-19(16)30-21(17)24-20(27)8-9-25-10-12-26(13-11-25)22(28)18-6-4-14-29-18/h18H,1-14H2,(H,24,27). The molecule has 2 fully saturated rings. The number of aryl methyl sites for hydroxylation is 1. The molecule has 1 aromatic heterocycles. The van der Waals surface area contributed by atoms with Gasteiger partial charge in [-0.1, -0.05) is 6.42 Å². The van der Waals surface area contributed by atoms with Crippen LogP contribution in [0.1, 0.15) is 54.5 Å². The van der Waals surface area contributed by atoms with Gasteiger partial charge in [-0.15, -0.1) is 11.3 Å². The highest BCUT2D eigenvalue weighted by molar-refractivity contribution is 7.16. The van der Waals surface area contributed by atoms with E-state index in [1.165, 1.54) is 11.3 Å². The molecule has 3 heterocycles. The highest BCUT2D eigenvalue weighted by atomic mass is 32.1. The van der Waals surface area contributed by atoms with Crippen molar-refractivity contribution in [2.75, 3.05) is 44.6 Å². The molecule has 2 saturated heterocycles. The van der Waals surface area contributed by atoms with Gasteiger partial charge >= 0.3 is 0 Å². The van der Waals surface area contributed by atoms with Gasteiger partial charge in [0.05, 0.1) is 5.56 Å². The molecule has 0 saturated carbocycles. The topological polar surface area (TPSA) is 85.7 Å². The summed E-state index contributed by atoms with van der Waals surface area (Å²) in [6, 6.07) is 2.32. The molecular formula is C22H30N4O3S. The van der Waals surface area contributed by atoms with E-state index in [9.17, 15) is 14.9 Å². The summed E-state index contributed by atoms with van der Waals surface area (Å²) < 4.78 is 5.51. The van der Waals surface area contributed by atoms with Crippen molar-refractivity contribution < 1.29 is 14.3 Å². The van der Waals surface area contributed by atoms with E-state index in [1.54, 1.807) is 11.3 Å². The molecule has 2 amide bonds. The average Bonchev–Trinajstić information content (AvgIpc) is 3.35. The molecule has 4 rings (SSSR count). The van der Waals surface area contributed by atoms with Crippen LogP contribution in [0.2, 0.25) is 0 Å². The third-order valence-electron chi connectivity index (χ3n) is 6.33. The fraction of sp³-hybridized carbons (Fsp3) is 0.682. The Hall–Kier alpha value is -1.95. The second-order valence-corrected chi connectivity index (χ2v) is 9.45. The summed E-state index contributed by atoms with van der Waals surface area (Å²) in [5, 5.41) is 13.3. The number of amides is 2. The molecule has 1 aliphatic carbocycles. The molecule has 7 nitrogen and oxygen atoms in total. The van der Waals surface area contributed by atoms with Gasteiger partial charge in [0.25, 0.3) is 5.91 Å². The second kappa shape index (κ2) is 9.90. The number of hydrogen-bond acceptors (Lipinski definition) is 6. The Morgan fingerprint density at radius 1 is 1.13 bits per heavy atom. The zero-order valence-electron chi connectivity index (χ0n) is 17.5. The lowest BCUT2D eigenvalue weighted by molar-refractivity contribution is -0.142. The van der Waals surface area contributed by atoms with E-state index < -0.39 is 0 Å². The number of carbonyl (C=O) groups excluding carboxylic acids is 2. The number of ether oxygens (including phenoxy) is 1. The molecule has 1 aromatic rings. The van der Waals surface area contributed by atoms with Crippen LogP contribution in [-0.4, -0.2) is 67.0 Å². The minimum absolute atomic E-state index is 0.0410. The summed E-state index contributed by atoms with van der Waals surface area (Å²) in [4.78, 5) is 30.4. The fourth-order valence-corrected chi connectivity index (χ4v) is 5.82. The largest absolute Gasteiger partial charge is 0.368 e. The number of piperazine rings is 1. The van der Waals surface area contributed by atoms with Crippen molar-refractivity contribution in [2.45, 2.75) is 57.5 Å². The van der Waals surface area contributed by atoms with Crippen LogP contribution < -0.4 is 5.32 Å². The van der Waals surface area contributed by atoms with Gasteiger partial charge in [-0.25, -0.2) is 0 Å². The molecule has 3 aliphatic rings. The molecule has 30 heavy (non-hydrogen) atoms. The van der Waals surface area contributed by atoms with Gasteiger partial charge in [0, 0.05) is 50.6 Å². The van der Waals surface area contributed by atoms with Crippen molar-refractivity contribution in [2.24, 2.45) is 0 Å². The Balaban J connectivity index is 1.24. The van der Waals surface area contributed by atoms with Gasteiger partial charge < -0.3 is 15.0 Å². The predicted molar refractivity (Wildman–Crippen MR) is 116 cm³/mol. The normalized spacial score (nSPS) is 22.2. The Morgan fingerprint density at radius 2 is 1.93 bits per heavy atom. The van der Waals surface area contributed by atoms with Gasteiger partial charge in [0.1, 0.15) is 17.2 Å². The van der Waals surface area contributed by atoms with E-state index in [0.29, 0.717) is 38.2 Å². The summed E-state index contributed by atoms with van der Waals surface area (Å²) in [7, 11) is 0. The quantitative estimate of drug-likeness (QED) is 0.726. The minimum atomic E-state index is -0.252. The van der Waals surface area contributed by atoms with Crippen molar-refractivity contribution in [3.8, 4) is 6.07 Å². The van der Waals surface area contributed by atoms with Crippen molar-refractivity contribution in [1.82, 2.24) is 9.80 Å². The first-order valence-corrected chi connectivity index (χ1v) is 11.9. The van der Waals surface area contributed by atoms with Crippen molar-refractivity contribution in [3.63, 3.8) is 0 Å². The number of nitrogens with one attached hydrogen (secondary N) is 1. The van der Waals surface area contributed by atoms with Crippen LogP contribution in [-0.2, 0) is 27.2 Å². The fourth-order valence-electron chi connectivity index (χ4n) is 4.57. The van der Waals surface area contributed by atoms with Crippen LogP contribution >= 0.6 is 11.3 Å². The van der Waals surface area contributed by atoms with Gasteiger partial charge in [0.2, 0.25) is 5.91 Å². The maximum Gasteiger partial charge on any atom is 0.251 e. The smallest absolute Gasteiger partial charge is 0.251 e. The van der Waals surface area contributed by atoms with E-state index in [1.807, 2.05) is 4.90 Å². The van der Waals surface area contributed by atoms with Crippen molar-refractivity contribution in [1.29, 1.82) is 5.26 Å². The van der Waals surface area contributed by atoms with Gasteiger partial charge in [-0.2, -0.15) is 5.26 Å². The molecule has 0 bridgehead atoms. The lowest BCUT2D eigenvalue weighted by Crippen LogP contribution is -2.51. The number of nitriles is 1.